The molecule has 0 aliphatic heterocycles. The lowest BCUT2D eigenvalue weighted by molar-refractivity contribution is 0.287. The van der Waals surface area contributed by atoms with Crippen molar-refractivity contribution < 1.29 is 0 Å². The van der Waals surface area contributed by atoms with Crippen molar-refractivity contribution in [2.45, 2.75) is 53.9 Å². The van der Waals surface area contributed by atoms with E-state index in [0.717, 1.165) is 12.3 Å². The van der Waals surface area contributed by atoms with E-state index in [4.69, 9.17) is 0 Å². The summed E-state index contributed by atoms with van der Waals surface area (Å²) in [6, 6.07) is 13.7. The van der Waals surface area contributed by atoms with Gasteiger partial charge in [-0.3, -0.25) is 0 Å². The first-order valence-corrected chi connectivity index (χ1v) is 9.32. The molecule has 0 N–H and O–H groups in total. The van der Waals surface area contributed by atoms with Crippen LogP contribution in [0.5, 0.6) is 0 Å². The summed E-state index contributed by atoms with van der Waals surface area (Å²) in [7, 11) is 0. The lowest BCUT2D eigenvalue weighted by Crippen LogP contribution is -2.28. The van der Waals surface area contributed by atoms with Crippen molar-refractivity contribution in [2.75, 3.05) is 0 Å². The molecule has 0 fully saturated rings. The van der Waals surface area contributed by atoms with Crippen molar-refractivity contribution >= 4 is 5.57 Å². The molecule has 0 heterocycles. The van der Waals surface area contributed by atoms with Crippen LogP contribution in [0.4, 0.5) is 0 Å². The van der Waals surface area contributed by atoms with Crippen LogP contribution in [0.15, 0.2) is 42.0 Å². The first-order chi connectivity index (χ1) is 11.4. The Hall–Kier alpha value is -1.82. The van der Waals surface area contributed by atoms with Crippen LogP contribution in [-0.2, 0) is 6.42 Å². The van der Waals surface area contributed by atoms with Gasteiger partial charge >= 0.3 is 0 Å². The highest BCUT2D eigenvalue weighted by Gasteiger charge is 2.36. The number of hydrogen-bond donors (Lipinski definition) is 0. The maximum Gasteiger partial charge on any atom is -0.00106 e. The summed E-state index contributed by atoms with van der Waals surface area (Å²) < 4.78 is 0. The number of benzene rings is 2. The fourth-order valence-electron chi connectivity index (χ4n) is 4.93. The van der Waals surface area contributed by atoms with Gasteiger partial charge in [-0.2, -0.15) is 0 Å². The average molecular weight is 316 g/mol. The zero-order valence-electron chi connectivity index (χ0n) is 15.7. The number of fused-ring (bicyclic) bond motifs is 3. The smallest absolute Gasteiger partial charge is 0.00106 e. The van der Waals surface area contributed by atoms with Crippen LogP contribution in [0.3, 0.4) is 0 Å². The molecule has 0 amide bonds. The monoisotopic (exact) mass is 316 g/mol. The lowest BCUT2D eigenvalue weighted by Gasteiger charge is -2.41. The van der Waals surface area contributed by atoms with E-state index < -0.39 is 0 Å². The molecule has 2 aliphatic rings. The van der Waals surface area contributed by atoms with E-state index in [9.17, 15) is 0 Å². The van der Waals surface area contributed by atoms with E-state index in [1.807, 2.05) is 0 Å². The van der Waals surface area contributed by atoms with E-state index in [2.05, 4.69) is 71.0 Å². The Bertz CT molecular complexity index is 848. The van der Waals surface area contributed by atoms with E-state index in [1.165, 1.54) is 40.7 Å². The van der Waals surface area contributed by atoms with E-state index >= 15 is 0 Å². The molecular weight excluding hydrogens is 288 g/mol. The summed E-state index contributed by atoms with van der Waals surface area (Å²) in [4.78, 5) is 0. The molecule has 0 nitrogen and oxygen atoms in total. The van der Waals surface area contributed by atoms with Crippen LogP contribution in [0.1, 0.15) is 62.8 Å². The molecule has 0 heteroatoms. The first kappa shape index (κ1) is 15.7. The molecule has 0 radical (unpaired) electrons. The van der Waals surface area contributed by atoms with Gasteiger partial charge in [0.15, 0.2) is 0 Å². The third-order valence-corrected chi connectivity index (χ3v) is 6.80. The molecular formula is C24H28. The minimum absolute atomic E-state index is 0.257. The summed E-state index contributed by atoms with van der Waals surface area (Å²) in [6.45, 7) is 12.0. The molecule has 124 valence electrons. The zero-order valence-corrected chi connectivity index (χ0v) is 15.7. The summed E-state index contributed by atoms with van der Waals surface area (Å²) in [5, 5.41) is 0. The van der Waals surface area contributed by atoms with Crippen LogP contribution in [-0.4, -0.2) is 0 Å². The molecule has 0 saturated carbocycles. The quantitative estimate of drug-likeness (QED) is 0.463. The maximum absolute atomic E-state index is 2.44. The van der Waals surface area contributed by atoms with E-state index in [-0.39, 0.29) is 5.41 Å². The van der Waals surface area contributed by atoms with Crippen LogP contribution in [0, 0.1) is 18.3 Å². The van der Waals surface area contributed by atoms with Gasteiger partial charge < -0.3 is 0 Å². The average Bonchev–Trinajstić information content (AvgIpc) is 2.93. The minimum atomic E-state index is 0.257. The zero-order chi connectivity index (χ0) is 17.1. The maximum atomic E-state index is 2.44. The third kappa shape index (κ3) is 2.12. The molecule has 0 aromatic heterocycles. The van der Waals surface area contributed by atoms with Gasteiger partial charge in [-0.1, -0.05) is 62.7 Å². The van der Waals surface area contributed by atoms with E-state index in [0.29, 0.717) is 0 Å². The highest BCUT2D eigenvalue weighted by atomic mass is 14.4. The minimum Gasteiger partial charge on any atom is -0.0689 e. The molecule has 2 aromatic rings. The van der Waals surface area contributed by atoms with Crippen molar-refractivity contribution in [1.82, 2.24) is 0 Å². The van der Waals surface area contributed by atoms with Gasteiger partial charge in [0.05, 0.1) is 0 Å². The predicted molar refractivity (Wildman–Crippen MR) is 104 cm³/mol. The van der Waals surface area contributed by atoms with Gasteiger partial charge in [-0.25, -0.2) is 0 Å². The third-order valence-electron chi connectivity index (χ3n) is 6.80. The van der Waals surface area contributed by atoms with Gasteiger partial charge in [0, 0.05) is 0 Å². The summed E-state index contributed by atoms with van der Waals surface area (Å²) >= 11 is 0. The highest BCUT2D eigenvalue weighted by Crippen LogP contribution is 2.51. The Labute approximate surface area is 146 Å². The Morgan fingerprint density at radius 1 is 0.917 bits per heavy atom. The second-order valence-electron chi connectivity index (χ2n) is 8.41. The largest absolute Gasteiger partial charge is 0.0689 e. The Morgan fingerprint density at radius 3 is 2.42 bits per heavy atom. The molecule has 0 bridgehead atoms. The summed E-state index contributed by atoms with van der Waals surface area (Å²) in [5.74, 6) is 0.737. The molecule has 1 unspecified atom stereocenters. The number of allylic oxidation sites excluding steroid dienone is 2. The Balaban J connectivity index is 1.89. The molecule has 0 saturated heterocycles. The molecule has 24 heavy (non-hydrogen) atoms. The normalized spacial score (nSPS) is 21.6. The van der Waals surface area contributed by atoms with Crippen LogP contribution in [0.25, 0.3) is 16.7 Å². The molecule has 4 rings (SSSR count). The summed E-state index contributed by atoms with van der Waals surface area (Å²) in [5.41, 5.74) is 12.4. The van der Waals surface area contributed by atoms with Gasteiger partial charge in [-0.15, -0.1) is 0 Å². The fourth-order valence-corrected chi connectivity index (χ4v) is 4.93. The summed E-state index contributed by atoms with van der Waals surface area (Å²) in [6.07, 6.45) is 3.65. The van der Waals surface area contributed by atoms with Gasteiger partial charge in [-0.05, 0) is 83.4 Å². The molecule has 1 atom stereocenters. The second kappa shape index (κ2) is 5.34. The topological polar surface area (TPSA) is 0 Å². The Morgan fingerprint density at radius 2 is 1.62 bits per heavy atom. The van der Waals surface area contributed by atoms with Gasteiger partial charge in [0.2, 0.25) is 0 Å². The van der Waals surface area contributed by atoms with Crippen molar-refractivity contribution in [3.63, 3.8) is 0 Å². The fraction of sp³-hybridized carbons (Fsp3) is 0.417. The van der Waals surface area contributed by atoms with Crippen molar-refractivity contribution in [3.8, 4) is 11.1 Å². The highest BCUT2D eigenvalue weighted by molar-refractivity contribution is 5.84. The van der Waals surface area contributed by atoms with Crippen LogP contribution < -0.4 is 0 Å². The number of hydrogen-bond acceptors (Lipinski definition) is 0. The van der Waals surface area contributed by atoms with E-state index in [1.54, 1.807) is 16.7 Å². The molecule has 0 spiro atoms. The van der Waals surface area contributed by atoms with Crippen molar-refractivity contribution in [3.05, 3.63) is 64.2 Å². The van der Waals surface area contributed by atoms with Gasteiger partial charge in [0.1, 0.15) is 0 Å². The predicted octanol–water partition coefficient (Wildman–Crippen LogP) is 6.80. The van der Waals surface area contributed by atoms with Crippen LogP contribution >= 0.6 is 0 Å². The number of rotatable bonds is 1. The molecule has 2 aliphatic carbocycles. The Kier molecular flexibility index (Phi) is 3.49. The molecule has 2 aromatic carbocycles. The standard InChI is InChI=1S/C24H28/c1-15-10-11-16(2)24(4,5)23(15)19-12-13-21-20-9-7-6-8-18(20)14-22(21)17(19)3/h6-9,12-13,16H,10-11,14H2,1-5H3. The SMILES string of the molecule is CC1=C(c2ccc3c(c2C)Cc2ccccc2-3)C(C)(C)C(C)CC1. The van der Waals surface area contributed by atoms with Crippen LogP contribution in [0.2, 0.25) is 0 Å². The first-order valence-electron chi connectivity index (χ1n) is 9.32. The van der Waals surface area contributed by atoms with Crippen molar-refractivity contribution in [1.29, 1.82) is 0 Å². The lowest BCUT2D eigenvalue weighted by atomic mass is 9.63. The van der Waals surface area contributed by atoms with Crippen molar-refractivity contribution in [2.24, 2.45) is 11.3 Å². The van der Waals surface area contributed by atoms with Gasteiger partial charge in [0.25, 0.3) is 0 Å². The second-order valence-corrected chi connectivity index (χ2v) is 8.41.